The molecular formula is C9H20O5. The van der Waals surface area contributed by atoms with Crippen LogP contribution in [0.15, 0.2) is 0 Å². The lowest BCUT2D eigenvalue weighted by Crippen LogP contribution is -2.46. The Balaban J connectivity index is 4.09. The Labute approximate surface area is 83.6 Å². The van der Waals surface area contributed by atoms with Crippen LogP contribution in [0.2, 0.25) is 0 Å². The molecule has 5 nitrogen and oxygen atoms in total. The van der Waals surface area contributed by atoms with Crippen molar-refractivity contribution >= 4 is 0 Å². The number of hydrogen-bond donors (Lipinski definition) is 5. The summed E-state index contributed by atoms with van der Waals surface area (Å²) in [6, 6.07) is 0. The predicted octanol–water partition coefficient (Wildman–Crippen LogP) is -1.53. The van der Waals surface area contributed by atoms with Crippen molar-refractivity contribution in [2.75, 3.05) is 6.61 Å². The van der Waals surface area contributed by atoms with Crippen LogP contribution in [-0.2, 0) is 0 Å². The van der Waals surface area contributed by atoms with Crippen LogP contribution in [-0.4, -0.2) is 56.6 Å². The molecule has 0 bridgehead atoms. The summed E-state index contributed by atoms with van der Waals surface area (Å²) in [5, 5.41) is 45.5. The summed E-state index contributed by atoms with van der Waals surface area (Å²) in [5.74, 6) is 0.179. The minimum absolute atomic E-state index is 0.179. The van der Waals surface area contributed by atoms with Crippen LogP contribution in [0.3, 0.4) is 0 Å². The topological polar surface area (TPSA) is 101 Å². The second-order valence-electron chi connectivity index (χ2n) is 3.93. The molecular weight excluding hydrogens is 188 g/mol. The molecule has 0 rings (SSSR count). The van der Waals surface area contributed by atoms with Crippen molar-refractivity contribution in [2.45, 2.75) is 44.7 Å². The van der Waals surface area contributed by atoms with Gasteiger partial charge in [0.1, 0.15) is 18.3 Å². The zero-order chi connectivity index (χ0) is 11.3. The molecule has 86 valence electrons. The molecule has 0 fully saturated rings. The lowest BCUT2D eigenvalue weighted by atomic mass is 9.96. The van der Waals surface area contributed by atoms with Crippen molar-refractivity contribution in [2.24, 2.45) is 5.92 Å². The second kappa shape index (κ2) is 6.31. The maximum atomic E-state index is 9.40. The maximum absolute atomic E-state index is 9.40. The Morgan fingerprint density at radius 2 is 1.29 bits per heavy atom. The average Bonchev–Trinajstić information content (AvgIpc) is 2.13. The van der Waals surface area contributed by atoms with Gasteiger partial charge in [-0.2, -0.15) is 0 Å². The van der Waals surface area contributed by atoms with Crippen LogP contribution in [0.1, 0.15) is 20.3 Å². The summed E-state index contributed by atoms with van der Waals surface area (Å²) in [7, 11) is 0. The van der Waals surface area contributed by atoms with E-state index in [4.69, 9.17) is 10.2 Å². The first-order valence-electron chi connectivity index (χ1n) is 4.73. The van der Waals surface area contributed by atoms with Crippen molar-refractivity contribution in [3.8, 4) is 0 Å². The van der Waals surface area contributed by atoms with Gasteiger partial charge >= 0.3 is 0 Å². The van der Waals surface area contributed by atoms with Gasteiger partial charge in [-0.15, -0.1) is 0 Å². The van der Waals surface area contributed by atoms with E-state index in [9.17, 15) is 15.3 Å². The summed E-state index contributed by atoms with van der Waals surface area (Å²) in [6.07, 6.45) is -5.14. The molecule has 0 amide bonds. The highest BCUT2D eigenvalue weighted by Gasteiger charge is 2.29. The summed E-state index contributed by atoms with van der Waals surface area (Å²) in [4.78, 5) is 0. The van der Waals surface area contributed by atoms with Crippen LogP contribution in [0.4, 0.5) is 0 Å². The zero-order valence-corrected chi connectivity index (χ0v) is 8.54. The molecule has 0 radical (unpaired) electrons. The molecule has 0 saturated carbocycles. The number of rotatable bonds is 6. The van der Waals surface area contributed by atoms with Gasteiger partial charge in [0.25, 0.3) is 0 Å². The van der Waals surface area contributed by atoms with Crippen LogP contribution in [0.25, 0.3) is 0 Å². The first kappa shape index (κ1) is 13.8. The first-order valence-corrected chi connectivity index (χ1v) is 4.73. The van der Waals surface area contributed by atoms with Gasteiger partial charge in [0.15, 0.2) is 0 Å². The fourth-order valence-corrected chi connectivity index (χ4v) is 1.19. The maximum Gasteiger partial charge on any atom is 0.110 e. The van der Waals surface area contributed by atoms with Crippen molar-refractivity contribution in [1.29, 1.82) is 0 Å². The van der Waals surface area contributed by atoms with E-state index >= 15 is 0 Å². The predicted molar refractivity (Wildman–Crippen MR) is 50.6 cm³/mol. The van der Waals surface area contributed by atoms with Gasteiger partial charge in [-0.1, -0.05) is 13.8 Å². The molecule has 0 aliphatic heterocycles. The fourth-order valence-electron chi connectivity index (χ4n) is 1.19. The van der Waals surface area contributed by atoms with Gasteiger partial charge in [0.05, 0.1) is 12.7 Å². The summed E-state index contributed by atoms with van der Waals surface area (Å²) >= 11 is 0. The van der Waals surface area contributed by atoms with E-state index in [1.807, 2.05) is 13.8 Å². The monoisotopic (exact) mass is 208 g/mol. The minimum Gasteiger partial charge on any atom is -0.394 e. The fraction of sp³-hybridized carbons (Fsp3) is 1.00. The second-order valence-corrected chi connectivity index (χ2v) is 3.93. The highest BCUT2D eigenvalue weighted by Crippen LogP contribution is 2.12. The van der Waals surface area contributed by atoms with Crippen LogP contribution in [0.5, 0.6) is 0 Å². The van der Waals surface area contributed by atoms with Gasteiger partial charge in [-0.05, 0) is 12.3 Å². The third-order valence-corrected chi connectivity index (χ3v) is 2.04. The van der Waals surface area contributed by atoms with Gasteiger partial charge in [-0.3, -0.25) is 0 Å². The molecule has 14 heavy (non-hydrogen) atoms. The zero-order valence-electron chi connectivity index (χ0n) is 8.54. The summed E-state index contributed by atoms with van der Waals surface area (Å²) < 4.78 is 0. The largest absolute Gasteiger partial charge is 0.394 e. The van der Waals surface area contributed by atoms with Crippen molar-refractivity contribution in [3.05, 3.63) is 0 Å². The Morgan fingerprint density at radius 1 is 0.857 bits per heavy atom. The van der Waals surface area contributed by atoms with Crippen molar-refractivity contribution < 1.29 is 25.5 Å². The van der Waals surface area contributed by atoms with Crippen LogP contribution < -0.4 is 0 Å². The minimum atomic E-state index is -1.52. The molecule has 0 unspecified atom stereocenters. The molecule has 0 heterocycles. The molecule has 0 aliphatic rings. The van der Waals surface area contributed by atoms with E-state index in [0.29, 0.717) is 6.42 Å². The standard InChI is InChI=1S/C9H20O5/c1-5(2)3-6(11)8(13)9(14)7(12)4-10/h5-14H,3-4H2,1-2H3/t6-,7-,8-,9-/m0/s1. The Hall–Kier alpha value is -0.200. The van der Waals surface area contributed by atoms with Gasteiger partial charge in [0, 0.05) is 0 Å². The lowest BCUT2D eigenvalue weighted by molar-refractivity contribution is -0.118. The Morgan fingerprint density at radius 3 is 1.64 bits per heavy atom. The molecule has 0 spiro atoms. The number of aliphatic hydroxyl groups is 5. The lowest BCUT2D eigenvalue weighted by Gasteiger charge is -2.26. The molecule has 5 heteroatoms. The van der Waals surface area contributed by atoms with E-state index in [-0.39, 0.29) is 5.92 Å². The third kappa shape index (κ3) is 4.34. The highest BCUT2D eigenvalue weighted by molar-refractivity contribution is 4.80. The van der Waals surface area contributed by atoms with Gasteiger partial charge < -0.3 is 25.5 Å². The van der Waals surface area contributed by atoms with E-state index in [1.54, 1.807) is 0 Å². The molecule has 0 aromatic heterocycles. The molecule has 0 saturated heterocycles. The molecule has 4 atom stereocenters. The Kier molecular flexibility index (Phi) is 6.22. The third-order valence-electron chi connectivity index (χ3n) is 2.04. The normalized spacial score (nSPS) is 20.6. The number of hydrogen-bond acceptors (Lipinski definition) is 5. The van der Waals surface area contributed by atoms with Crippen LogP contribution in [0, 0.1) is 5.92 Å². The molecule has 0 aromatic rings. The molecule has 0 aliphatic carbocycles. The van der Waals surface area contributed by atoms with E-state index in [2.05, 4.69) is 0 Å². The smallest absolute Gasteiger partial charge is 0.110 e. The summed E-state index contributed by atoms with van der Waals surface area (Å²) in [6.45, 7) is 3.09. The quantitative estimate of drug-likeness (QED) is 0.364. The number of aliphatic hydroxyl groups excluding tert-OH is 5. The van der Waals surface area contributed by atoms with E-state index in [0.717, 1.165) is 0 Å². The average molecular weight is 208 g/mol. The Bertz CT molecular complexity index is 150. The van der Waals surface area contributed by atoms with Crippen molar-refractivity contribution in [3.63, 3.8) is 0 Å². The van der Waals surface area contributed by atoms with Crippen molar-refractivity contribution in [1.82, 2.24) is 0 Å². The van der Waals surface area contributed by atoms with E-state index in [1.165, 1.54) is 0 Å². The van der Waals surface area contributed by atoms with Crippen LogP contribution >= 0.6 is 0 Å². The molecule has 5 N–H and O–H groups in total. The highest BCUT2D eigenvalue weighted by atomic mass is 16.4. The van der Waals surface area contributed by atoms with E-state index < -0.39 is 31.0 Å². The SMILES string of the molecule is CC(C)C[C@H](O)[C@H](O)[C@@H](O)[C@@H](O)CO. The van der Waals surface area contributed by atoms with Gasteiger partial charge in [0.2, 0.25) is 0 Å². The van der Waals surface area contributed by atoms with Gasteiger partial charge in [-0.25, -0.2) is 0 Å². The molecule has 0 aromatic carbocycles. The summed E-state index contributed by atoms with van der Waals surface area (Å²) in [5.41, 5.74) is 0. The first-order chi connectivity index (χ1) is 6.40.